The summed E-state index contributed by atoms with van der Waals surface area (Å²) in [7, 11) is -3.29. The highest BCUT2D eigenvalue weighted by Crippen LogP contribution is 2.25. The molecule has 0 bridgehead atoms. The molecule has 2 aliphatic heterocycles. The first-order valence-corrected chi connectivity index (χ1v) is 10.8. The lowest BCUT2D eigenvalue weighted by Crippen LogP contribution is -2.50. The van der Waals surface area contributed by atoms with Crippen molar-refractivity contribution in [3.63, 3.8) is 0 Å². The average molecular weight is 403 g/mol. The van der Waals surface area contributed by atoms with Crippen LogP contribution in [0.3, 0.4) is 0 Å². The Hall–Kier alpha value is -2.81. The molecule has 2 aromatic rings. The molecule has 148 valence electrons. The molecule has 3 heterocycles. The molecule has 0 saturated carbocycles. The maximum absolute atomic E-state index is 12.9. The van der Waals surface area contributed by atoms with Crippen LogP contribution in [0, 0.1) is 0 Å². The SMILES string of the molecule is O=C(c1ccoc1)N1CCN(C(=O)c2cccc(N3CCCS3(=O)=O)c2)CC1. The number of amides is 2. The Bertz CT molecular complexity index is 979. The van der Waals surface area contributed by atoms with Crippen molar-refractivity contribution in [2.75, 3.05) is 42.8 Å². The van der Waals surface area contributed by atoms with Crippen molar-refractivity contribution in [2.24, 2.45) is 0 Å². The summed E-state index contributed by atoms with van der Waals surface area (Å²) in [5.41, 5.74) is 1.48. The summed E-state index contributed by atoms with van der Waals surface area (Å²) in [5.74, 6) is -0.131. The third-order valence-electron chi connectivity index (χ3n) is 5.10. The summed E-state index contributed by atoms with van der Waals surface area (Å²) in [4.78, 5) is 28.6. The first kappa shape index (κ1) is 18.5. The minimum atomic E-state index is -3.29. The molecular formula is C19H21N3O5S. The zero-order valence-electron chi connectivity index (χ0n) is 15.3. The lowest BCUT2D eigenvalue weighted by molar-refractivity contribution is 0.0535. The third-order valence-corrected chi connectivity index (χ3v) is 6.97. The predicted octanol–water partition coefficient (Wildman–Crippen LogP) is 1.42. The van der Waals surface area contributed by atoms with E-state index in [-0.39, 0.29) is 17.6 Å². The first-order valence-electron chi connectivity index (χ1n) is 9.17. The molecular weight excluding hydrogens is 382 g/mol. The Morgan fingerprint density at radius 1 is 0.893 bits per heavy atom. The number of benzene rings is 1. The fraction of sp³-hybridized carbons (Fsp3) is 0.368. The molecule has 0 radical (unpaired) electrons. The number of carbonyl (C=O) groups is 2. The van der Waals surface area contributed by atoms with Crippen LogP contribution in [-0.4, -0.2) is 68.5 Å². The van der Waals surface area contributed by atoms with Gasteiger partial charge in [0.1, 0.15) is 6.26 Å². The van der Waals surface area contributed by atoms with Gasteiger partial charge in [-0.2, -0.15) is 0 Å². The van der Waals surface area contributed by atoms with E-state index in [1.54, 1.807) is 40.1 Å². The van der Waals surface area contributed by atoms with E-state index >= 15 is 0 Å². The molecule has 2 amide bonds. The van der Waals surface area contributed by atoms with Crippen LogP contribution in [0.2, 0.25) is 0 Å². The second-order valence-corrected chi connectivity index (χ2v) is 8.90. The lowest BCUT2D eigenvalue weighted by Gasteiger charge is -2.34. The van der Waals surface area contributed by atoms with Crippen LogP contribution in [0.1, 0.15) is 27.1 Å². The summed E-state index contributed by atoms with van der Waals surface area (Å²) in [5, 5.41) is 0. The van der Waals surface area contributed by atoms with E-state index in [2.05, 4.69) is 0 Å². The van der Waals surface area contributed by atoms with Gasteiger partial charge in [0.25, 0.3) is 11.8 Å². The molecule has 0 N–H and O–H groups in total. The van der Waals surface area contributed by atoms with Gasteiger partial charge in [-0.05, 0) is 30.7 Å². The molecule has 2 aliphatic rings. The Balaban J connectivity index is 1.43. The van der Waals surface area contributed by atoms with Gasteiger partial charge in [-0.1, -0.05) is 6.07 Å². The lowest BCUT2D eigenvalue weighted by atomic mass is 10.1. The molecule has 1 aromatic carbocycles. The summed E-state index contributed by atoms with van der Waals surface area (Å²) >= 11 is 0. The zero-order chi connectivity index (χ0) is 19.7. The van der Waals surface area contributed by atoms with Crippen molar-refractivity contribution in [1.82, 2.24) is 9.80 Å². The molecule has 2 saturated heterocycles. The fourth-order valence-electron chi connectivity index (χ4n) is 3.59. The molecule has 28 heavy (non-hydrogen) atoms. The standard InChI is InChI=1S/C19H21N3O5S/c23-18(15-3-1-4-17(13-15)22-6-2-12-28(22,25)26)20-7-9-21(10-8-20)19(24)16-5-11-27-14-16/h1,3-5,11,13-14H,2,6-10,12H2. The maximum Gasteiger partial charge on any atom is 0.257 e. The summed E-state index contributed by atoms with van der Waals surface area (Å²) in [6, 6.07) is 8.36. The fourth-order valence-corrected chi connectivity index (χ4v) is 5.14. The number of sulfonamides is 1. The van der Waals surface area contributed by atoms with E-state index in [4.69, 9.17) is 4.42 Å². The average Bonchev–Trinajstić information content (AvgIpc) is 3.36. The molecule has 1 aromatic heterocycles. The second kappa shape index (κ2) is 7.31. The van der Waals surface area contributed by atoms with Gasteiger partial charge in [-0.25, -0.2) is 8.42 Å². The number of anilines is 1. The van der Waals surface area contributed by atoms with Gasteiger partial charge in [-0.3, -0.25) is 13.9 Å². The van der Waals surface area contributed by atoms with Crippen LogP contribution in [0.5, 0.6) is 0 Å². The van der Waals surface area contributed by atoms with E-state index in [9.17, 15) is 18.0 Å². The number of rotatable bonds is 3. The topological polar surface area (TPSA) is 91.1 Å². The normalized spacial score (nSPS) is 19.1. The van der Waals surface area contributed by atoms with Gasteiger partial charge >= 0.3 is 0 Å². The second-order valence-electron chi connectivity index (χ2n) is 6.89. The highest BCUT2D eigenvalue weighted by atomic mass is 32.2. The van der Waals surface area contributed by atoms with E-state index < -0.39 is 10.0 Å². The van der Waals surface area contributed by atoms with Crippen molar-refractivity contribution in [1.29, 1.82) is 0 Å². The van der Waals surface area contributed by atoms with Crippen LogP contribution in [0.15, 0.2) is 47.3 Å². The van der Waals surface area contributed by atoms with Crippen molar-refractivity contribution < 1.29 is 22.4 Å². The van der Waals surface area contributed by atoms with Crippen LogP contribution in [-0.2, 0) is 10.0 Å². The third kappa shape index (κ3) is 3.49. The number of nitrogens with zero attached hydrogens (tertiary/aromatic N) is 3. The molecule has 0 atom stereocenters. The predicted molar refractivity (Wildman–Crippen MR) is 103 cm³/mol. The zero-order valence-corrected chi connectivity index (χ0v) is 16.1. The molecule has 4 rings (SSSR count). The smallest absolute Gasteiger partial charge is 0.257 e. The largest absolute Gasteiger partial charge is 0.472 e. The minimum absolute atomic E-state index is 0.109. The van der Waals surface area contributed by atoms with Gasteiger partial charge in [0.2, 0.25) is 10.0 Å². The monoisotopic (exact) mass is 403 g/mol. The van der Waals surface area contributed by atoms with Crippen LogP contribution >= 0.6 is 0 Å². The van der Waals surface area contributed by atoms with Crippen LogP contribution in [0.4, 0.5) is 5.69 Å². The number of piperazine rings is 1. The van der Waals surface area contributed by atoms with E-state index in [1.165, 1.54) is 16.8 Å². The Morgan fingerprint density at radius 3 is 2.14 bits per heavy atom. The Labute approximate surface area is 163 Å². The number of hydrogen-bond acceptors (Lipinski definition) is 5. The highest BCUT2D eigenvalue weighted by molar-refractivity contribution is 7.93. The number of furan rings is 1. The summed E-state index contributed by atoms with van der Waals surface area (Å²) in [6.07, 6.45) is 3.46. The van der Waals surface area contributed by atoms with E-state index in [1.807, 2.05) is 0 Å². The van der Waals surface area contributed by atoms with Crippen LogP contribution in [0.25, 0.3) is 0 Å². The van der Waals surface area contributed by atoms with Gasteiger partial charge in [-0.15, -0.1) is 0 Å². The minimum Gasteiger partial charge on any atom is -0.472 e. The van der Waals surface area contributed by atoms with Crippen molar-refractivity contribution in [3.8, 4) is 0 Å². The molecule has 2 fully saturated rings. The Kier molecular flexibility index (Phi) is 4.84. The molecule has 0 aliphatic carbocycles. The van der Waals surface area contributed by atoms with E-state index in [0.717, 1.165) is 0 Å². The maximum atomic E-state index is 12.9. The molecule has 8 nitrogen and oxygen atoms in total. The number of carbonyl (C=O) groups excluding carboxylic acids is 2. The van der Waals surface area contributed by atoms with Gasteiger partial charge in [0, 0.05) is 38.3 Å². The van der Waals surface area contributed by atoms with Crippen molar-refractivity contribution in [3.05, 3.63) is 54.0 Å². The Morgan fingerprint density at radius 2 is 1.57 bits per heavy atom. The van der Waals surface area contributed by atoms with Gasteiger partial charge in [0.15, 0.2) is 0 Å². The highest BCUT2D eigenvalue weighted by Gasteiger charge is 2.30. The van der Waals surface area contributed by atoms with Crippen molar-refractivity contribution >= 4 is 27.5 Å². The summed E-state index contributed by atoms with van der Waals surface area (Å²) < 4.78 is 30.6. The molecule has 0 spiro atoms. The van der Waals surface area contributed by atoms with Crippen LogP contribution < -0.4 is 4.31 Å². The van der Waals surface area contributed by atoms with Gasteiger partial charge < -0.3 is 14.2 Å². The molecule has 0 unspecified atom stereocenters. The van der Waals surface area contributed by atoms with Crippen molar-refractivity contribution in [2.45, 2.75) is 6.42 Å². The summed E-state index contributed by atoms with van der Waals surface area (Å²) in [6.45, 7) is 2.17. The first-order chi connectivity index (χ1) is 13.5. The number of hydrogen-bond donors (Lipinski definition) is 0. The van der Waals surface area contributed by atoms with Gasteiger partial charge in [0.05, 0.1) is 23.3 Å². The quantitative estimate of drug-likeness (QED) is 0.773. The molecule has 9 heteroatoms. The van der Waals surface area contributed by atoms with E-state index in [0.29, 0.717) is 56.0 Å².